The quantitative estimate of drug-likeness (QED) is 0.811. The van der Waals surface area contributed by atoms with E-state index in [9.17, 15) is 8.78 Å². The van der Waals surface area contributed by atoms with Crippen molar-refractivity contribution in [3.8, 4) is 0 Å². The molecule has 0 spiro atoms. The molecule has 0 saturated heterocycles. The van der Waals surface area contributed by atoms with Gasteiger partial charge in [-0.15, -0.1) is 0 Å². The zero-order valence-corrected chi connectivity index (χ0v) is 10.1. The topological polar surface area (TPSA) is 12.0 Å². The molecule has 0 aliphatic rings. The summed E-state index contributed by atoms with van der Waals surface area (Å²) in [5.74, 6) is -2.41. The maximum absolute atomic E-state index is 13.6. The predicted molar refractivity (Wildman–Crippen MR) is 63.0 cm³/mol. The van der Waals surface area contributed by atoms with Gasteiger partial charge in [-0.1, -0.05) is 45.0 Å². The second-order valence-electron chi connectivity index (χ2n) is 4.26. The van der Waals surface area contributed by atoms with Gasteiger partial charge < -0.3 is 5.32 Å². The summed E-state index contributed by atoms with van der Waals surface area (Å²) in [6, 6.07) is 6.60. The van der Waals surface area contributed by atoms with E-state index >= 15 is 0 Å². The first-order chi connectivity index (χ1) is 7.47. The molecule has 0 fully saturated rings. The number of halogens is 2. The van der Waals surface area contributed by atoms with Crippen molar-refractivity contribution in [2.45, 2.75) is 32.6 Å². The van der Waals surface area contributed by atoms with Gasteiger partial charge in [-0.05, 0) is 18.0 Å². The molecule has 1 rings (SSSR count). The van der Waals surface area contributed by atoms with E-state index in [-0.39, 0.29) is 12.1 Å². The fourth-order valence-corrected chi connectivity index (χ4v) is 1.50. The molecule has 0 bridgehead atoms. The highest BCUT2D eigenvalue weighted by Crippen LogP contribution is 2.28. The third kappa shape index (κ3) is 3.27. The second-order valence-corrected chi connectivity index (χ2v) is 4.26. The van der Waals surface area contributed by atoms with Gasteiger partial charge in [0.05, 0.1) is 6.54 Å². The number of hydrogen-bond donors (Lipinski definition) is 1. The summed E-state index contributed by atoms with van der Waals surface area (Å²) >= 11 is 0. The van der Waals surface area contributed by atoms with Gasteiger partial charge in [-0.3, -0.25) is 0 Å². The first-order valence-electron chi connectivity index (χ1n) is 5.66. The molecule has 3 heteroatoms. The van der Waals surface area contributed by atoms with Crippen molar-refractivity contribution >= 4 is 0 Å². The van der Waals surface area contributed by atoms with Crippen LogP contribution in [0.2, 0.25) is 0 Å². The maximum atomic E-state index is 13.6. The molecule has 0 saturated carbocycles. The summed E-state index contributed by atoms with van der Waals surface area (Å²) in [5.41, 5.74) is 1.17. The Hall–Kier alpha value is -0.960. The molecule has 1 aromatic carbocycles. The molecule has 16 heavy (non-hydrogen) atoms. The molecule has 90 valence electrons. The maximum Gasteiger partial charge on any atom is 0.285 e. The van der Waals surface area contributed by atoms with Crippen molar-refractivity contribution in [1.82, 2.24) is 5.32 Å². The molecule has 0 radical (unpaired) electrons. The van der Waals surface area contributed by atoms with Crippen LogP contribution in [0.1, 0.15) is 37.8 Å². The van der Waals surface area contributed by atoms with Crippen LogP contribution in [-0.2, 0) is 5.92 Å². The lowest BCUT2D eigenvalue weighted by molar-refractivity contribution is -0.00262. The van der Waals surface area contributed by atoms with Crippen LogP contribution < -0.4 is 5.32 Å². The van der Waals surface area contributed by atoms with Gasteiger partial charge in [0.25, 0.3) is 5.92 Å². The van der Waals surface area contributed by atoms with Gasteiger partial charge in [0.2, 0.25) is 0 Å². The predicted octanol–water partition coefficient (Wildman–Crippen LogP) is 3.51. The summed E-state index contributed by atoms with van der Waals surface area (Å²) in [4.78, 5) is 0. The van der Waals surface area contributed by atoms with Gasteiger partial charge in [0.15, 0.2) is 0 Å². The van der Waals surface area contributed by atoms with Crippen molar-refractivity contribution < 1.29 is 8.78 Å². The van der Waals surface area contributed by atoms with Crippen molar-refractivity contribution in [2.24, 2.45) is 0 Å². The van der Waals surface area contributed by atoms with Crippen molar-refractivity contribution in [2.75, 3.05) is 13.1 Å². The van der Waals surface area contributed by atoms with Gasteiger partial charge >= 0.3 is 0 Å². The van der Waals surface area contributed by atoms with E-state index in [2.05, 4.69) is 5.32 Å². The van der Waals surface area contributed by atoms with Gasteiger partial charge in [-0.25, -0.2) is 0 Å². The number of hydrogen-bond acceptors (Lipinski definition) is 1. The lowest BCUT2D eigenvalue weighted by Gasteiger charge is -2.17. The number of likely N-dealkylation sites (N-methyl/N-ethyl adjacent to an activating group) is 1. The molecule has 0 aromatic heterocycles. The minimum absolute atomic E-state index is 0.0813. The molecule has 0 amide bonds. The normalized spacial score (nSPS) is 12.1. The van der Waals surface area contributed by atoms with Crippen LogP contribution in [-0.4, -0.2) is 13.1 Å². The third-order valence-electron chi connectivity index (χ3n) is 2.60. The SMILES string of the molecule is CCNCC(F)(F)c1ccc(C(C)C)cc1. The van der Waals surface area contributed by atoms with E-state index in [4.69, 9.17) is 0 Å². The molecule has 0 aliphatic heterocycles. The van der Waals surface area contributed by atoms with Crippen LogP contribution in [0.4, 0.5) is 8.78 Å². The molecule has 1 nitrogen and oxygen atoms in total. The average Bonchev–Trinajstić information content (AvgIpc) is 2.26. The number of benzene rings is 1. The fourth-order valence-electron chi connectivity index (χ4n) is 1.50. The molecule has 0 heterocycles. The minimum atomic E-state index is -2.79. The Bertz CT molecular complexity index is 317. The fraction of sp³-hybridized carbons (Fsp3) is 0.538. The first-order valence-corrected chi connectivity index (χ1v) is 5.66. The molecule has 1 N–H and O–H groups in total. The number of rotatable bonds is 5. The van der Waals surface area contributed by atoms with Crippen LogP contribution in [0.15, 0.2) is 24.3 Å². The second kappa shape index (κ2) is 5.39. The molecule has 0 aliphatic carbocycles. The first kappa shape index (κ1) is 13.1. The van der Waals surface area contributed by atoms with Crippen molar-refractivity contribution in [1.29, 1.82) is 0 Å². The standard InChI is InChI=1S/C13H19F2N/c1-4-16-9-13(14,15)12-7-5-11(6-8-12)10(2)3/h5-8,10,16H,4,9H2,1-3H3. The van der Waals surface area contributed by atoms with E-state index in [1.165, 1.54) is 12.1 Å². The molecule has 1 aromatic rings. The van der Waals surface area contributed by atoms with Crippen LogP contribution in [0.3, 0.4) is 0 Å². The van der Waals surface area contributed by atoms with Gasteiger partial charge in [0, 0.05) is 5.56 Å². The summed E-state index contributed by atoms with van der Waals surface area (Å²) < 4.78 is 27.2. The third-order valence-corrected chi connectivity index (χ3v) is 2.60. The van der Waals surface area contributed by atoms with Crippen LogP contribution in [0.5, 0.6) is 0 Å². The summed E-state index contributed by atoms with van der Waals surface area (Å²) in [6.07, 6.45) is 0. The van der Waals surface area contributed by atoms with Crippen molar-refractivity contribution in [3.63, 3.8) is 0 Å². The van der Waals surface area contributed by atoms with E-state index in [0.29, 0.717) is 12.5 Å². The number of alkyl halides is 2. The largest absolute Gasteiger partial charge is 0.311 e. The molecule has 0 unspecified atom stereocenters. The Labute approximate surface area is 95.9 Å². The average molecular weight is 227 g/mol. The van der Waals surface area contributed by atoms with Crippen LogP contribution in [0, 0.1) is 0 Å². The zero-order chi connectivity index (χ0) is 12.2. The Morgan fingerprint density at radius 1 is 1.19 bits per heavy atom. The summed E-state index contributed by atoms with van der Waals surface area (Å²) in [7, 11) is 0. The molecule has 0 atom stereocenters. The Kier molecular flexibility index (Phi) is 4.42. The lowest BCUT2D eigenvalue weighted by atomic mass is 9.99. The highest BCUT2D eigenvalue weighted by molar-refractivity contribution is 5.27. The van der Waals surface area contributed by atoms with E-state index in [0.717, 1.165) is 5.56 Å². The van der Waals surface area contributed by atoms with Gasteiger partial charge in [0.1, 0.15) is 0 Å². The minimum Gasteiger partial charge on any atom is -0.311 e. The summed E-state index contributed by atoms with van der Waals surface area (Å²) in [6.45, 7) is 6.17. The highest BCUT2D eigenvalue weighted by atomic mass is 19.3. The van der Waals surface area contributed by atoms with Crippen molar-refractivity contribution in [3.05, 3.63) is 35.4 Å². The van der Waals surface area contributed by atoms with Crippen LogP contribution in [0.25, 0.3) is 0 Å². The van der Waals surface area contributed by atoms with Gasteiger partial charge in [-0.2, -0.15) is 8.78 Å². The molecular weight excluding hydrogens is 208 g/mol. The highest BCUT2D eigenvalue weighted by Gasteiger charge is 2.30. The lowest BCUT2D eigenvalue weighted by Crippen LogP contribution is -2.30. The Balaban J connectivity index is 2.79. The smallest absolute Gasteiger partial charge is 0.285 e. The number of nitrogens with one attached hydrogen (secondary N) is 1. The molecular formula is C13H19F2N. The van der Waals surface area contributed by atoms with E-state index < -0.39 is 5.92 Å². The van der Waals surface area contributed by atoms with Crippen LogP contribution >= 0.6 is 0 Å². The zero-order valence-electron chi connectivity index (χ0n) is 10.1. The Morgan fingerprint density at radius 3 is 2.19 bits per heavy atom. The van der Waals surface area contributed by atoms with E-state index in [1.54, 1.807) is 12.1 Å². The Morgan fingerprint density at radius 2 is 1.75 bits per heavy atom. The summed E-state index contributed by atoms with van der Waals surface area (Å²) in [5, 5.41) is 2.67. The monoisotopic (exact) mass is 227 g/mol. The van der Waals surface area contributed by atoms with E-state index in [1.807, 2.05) is 20.8 Å².